The SMILES string of the molecule is CCCC1=NN2C(=N)C(=Cc3cc(I)c(OCCOc4ccccc4)c(OC)c3)C(=O)N=C2S1. The van der Waals surface area contributed by atoms with Crippen LogP contribution in [0, 0.1) is 8.98 Å². The monoisotopic (exact) mass is 590 g/mol. The van der Waals surface area contributed by atoms with Crippen molar-refractivity contribution in [1.29, 1.82) is 5.41 Å². The topological polar surface area (TPSA) is 96.6 Å². The van der Waals surface area contributed by atoms with E-state index in [9.17, 15) is 4.79 Å². The highest BCUT2D eigenvalue weighted by molar-refractivity contribution is 14.1. The fraction of sp³-hybridized carbons (Fsp3) is 0.250. The molecule has 176 valence electrons. The molecule has 0 atom stereocenters. The number of benzene rings is 2. The molecule has 34 heavy (non-hydrogen) atoms. The van der Waals surface area contributed by atoms with Gasteiger partial charge in [0.05, 0.1) is 16.3 Å². The highest BCUT2D eigenvalue weighted by Gasteiger charge is 2.35. The Bertz CT molecular complexity index is 1200. The van der Waals surface area contributed by atoms with Crippen molar-refractivity contribution >= 4 is 62.4 Å². The summed E-state index contributed by atoms with van der Waals surface area (Å²) < 4.78 is 17.9. The maximum Gasteiger partial charge on any atom is 0.283 e. The Labute approximate surface area is 215 Å². The molecule has 8 nitrogen and oxygen atoms in total. The number of amidine groups is 2. The van der Waals surface area contributed by atoms with Gasteiger partial charge in [0.25, 0.3) is 5.91 Å². The second-order valence-corrected chi connectivity index (χ2v) is 9.51. The molecule has 1 amide bonds. The molecule has 10 heteroatoms. The van der Waals surface area contributed by atoms with Gasteiger partial charge in [-0.25, -0.2) is 0 Å². The van der Waals surface area contributed by atoms with Gasteiger partial charge >= 0.3 is 0 Å². The zero-order chi connectivity index (χ0) is 24.1. The van der Waals surface area contributed by atoms with Crippen molar-refractivity contribution in [2.75, 3.05) is 20.3 Å². The van der Waals surface area contributed by atoms with Gasteiger partial charge in [0, 0.05) is 0 Å². The minimum Gasteiger partial charge on any atom is -0.493 e. The summed E-state index contributed by atoms with van der Waals surface area (Å²) in [7, 11) is 1.56. The number of hydrogen-bond acceptors (Lipinski definition) is 7. The molecule has 0 fully saturated rings. The molecule has 0 unspecified atom stereocenters. The summed E-state index contributed by atoms with van der Waals surface area (Å²) in [5, 5.41) is 15.7. The molecular formula is C24H23IN4O4S. The number of methoxy groups -OCH3 is 1. The molecule has 2 aromatic rings. The first-order valence-electron chi connectivity index (χ1n) is 10.7. The number of nitrogens with one attached hydrogen (secondary N) is 1. The highest BCUT2D eigenvalue weighted by atomic mass is 127. The van der Waals surface area contributed by atoms with E-state index >= 15 is 0 Å². The maximum absolute atomic E-state index is 12.7. The van der Waals surface area contributed by atoms with Gasteiger partial charge in [0.15, 0.2) is 17.3 Å². The van der Waals surface area contributed by atoms with Crippen molar-refractivity contribution in [2.45, 2.75) is 19.8 Å². The number of aliphatic imine (C=N–C) groups is 1. The van der Waals surface area contributed by atoms with E-state index in [0.29, 0.717) is 35.4 Å². The number of hydrazone groups is 1. The lowest BCUT2D eigenvalue weighted by atomic mass is 10.1. The van der Waals surface area contributed by atoms with Gasteiger partial charge in [-0.15, -0.1) is 0 Å². The third-order valence-corrected chi connectivity index (χ3v) is 6.63. The summed E-state index contributed by atoms with van der Waals surface area (Å²) >= 11 is 3.51. The zero-order valence-corrected chi connectivity index (χ0v) is 21.7. The number of para-hydroxylation sites is 1. The van der Waals surface area contributed by atoms with Gasteiger partial charge in [-0.1, -0.05) is 25.1 Å². The number of amides is 1. The number of rotatable bonds is 9. The molecule has 2 aliphatic heterocycles. The first-order valence-corrected chi connectivity index (χ1v) is 12.6. The minimum atomic E-state index is -0.455. The van der Waals surface area contributed by atoms with Crippen molar-refractivity contribution in [3.05, 3.63) is 57.2 Å². The normalized spacial score (nSPS) is 16.3. The fourth-order valence-electron chi connectivity index (χ4n) is 3.30. The third kappa shape index (κ3) is 5.44. The van der Waals surface area contributed by atoms with Gasteiger partial charge < -0.3 is 14.2 Å². The smallest absolute Gasteiger partial charge is 0.283 e. The largest absolute Gasteiger partial charge is 0.493 e. The van der Waals surface area contributed by atoms with Gasteiger partial charge in [-0.05, 0) is 83.1 Å². The van der Waals surface area contributed by atoms with Crippen molar-refractivity contribution in [1.82, 2.24) is 5.01 Å². The van der Waals surface area contributed by atoms with E-state index in [1.54, 1.807) is 19.3 Å². The summed E-state index contributed by atoms with van der Waals surface area (Å²) in [6, 6.07) is 13.2. The Morgan fingerprint density at radius 1 is 1.18 bits per heavy atom. The number of nitrogens with zero attached hydrogens (tertiary/aromatic N) is 3. The molecule has 0 bridgehead atoms. The van der Waals surface area contributed by atoms with Crippen LogP contribution in [0.1, 0.15) is 25.3 Å². The van der Waals surface area contributed by atoms with Crippen LogP contribution in [0.2, 0.25) is 0 Å². The summed E-state index contributed by atoms with van der Waals surface area (Å²) in [5.74, 6) is 1.46. The molecular weight excluding hydrogens is 567 g/mol. The minimum absolute atomic E-state index is 0.0148. The van der Waals surface area contributed by atoms with Crippen molar-refractivity contribution < 1.29 is 19.0 Å². The molecule has 2 aliphatic rings. The van der Waals surface area contributed by atoms with Crippen LogP contribution in [0.25, 0.3) is 6.08 Å². The molecule has 1 N–H and O–H groups in total. The van der Waals surface area contributed by atoms with E-state index in [1.165, 1.54) is 16.8 Å². The van der Waals surface area contributed by atoms with Crippen molar-refractivity contribution in [2.24, 2.45) is 10.1 Å². The van der Waals surface area contributed by atoms with E-state index in [4.69, 9.17) is 19.6 Å². The standard InChI is InChI=1S/C24H23IN4O4S/c1-3-7-20-28-29-22(26)17(23(30)27-24(29)34-20)12-15-13-18(25)21(19(14-15)31-2)33-11-10-32-16-8-5-4-6-9-16/h4-6,8-9,12-14,26H,3,7,10-11H2,1-2H3. The molecule has 0 aliphatic carbocycles. The first-order chi connectivity index (χ1) is 16.5. The van der Waals surface area contributed by atoms with Gasteiger partial charge in [0.1, 0.15) is 24.0 Å². The van der Waals surface area contributed by atoms with Crippen molar-refractivity contribution in [3.8, 4) is 17.2 Å². The van der Waals surface area contributed by atoms with E-state index in [-0.39, 0.29) is 11.4 Å². The maximum atomic E-state index is 12.7. The summed E-state index contributed by atoms with van der Waals surface area (Å²) in [5.41, 5.74) is 0.874. The average Bonchev–Trinajstić information content (AvgIpc) is 3.23. The third-order valence-electron chi connectivity index (χ3n) is 4.86. The summed E-state index contributed by atoms with van der Waals surface area (Å²) in [4.78, 5) is 16.8. The van der Waals surface area contributed by atoms with Crippen LogP contribution < -0.4 is 14.2 Å². The molecule has 2 aromatic carbocycles. The lowest BCUT2D eigenvalue weighted by Gasteiger charge is -2.20. The van der Waals surface area contributed by atoms with E-state index in [2.05, 4.69) is 39.6 Å². The van der Waals surface area contributed by atoms with Gasteiger partial charge in [-0.3, -0.25) is 10.2 Å². The summed E-state index contributed by atoms with van der Waals surface area (Å²) in [6.45, 7) is 2.78. The second-order valence-electron chi connectivity index (χ2n) is 7.31. The molecule has 0 spiro atoms. The van der Waals surface area contributed by atoms with Crippen LogP contribution in [0.15, 0.2) is 58.1 Å². The summed E-state index contributed by atoms with van der Waals surface area (Å²) in [6.07, 6.45) is 3.35. The Balaban J connectivity index is 1.50. The number of halogens is 1. The van der Waals surface area contributed by atoms with Crippen LogP contribution in [0.3, 0.4) is 0 Å². The Morgan fingerprint density at radius 2 is 1.94 bits per heavy atom. The van der Waals surface area contributed by atoms with Crippen LogP contribution in [-0.2, 0) is 4.79 Å². The number of ether oxygens (including phenoxy) is 3. The Morgan fingerprint density at radius 3 is 2.68 bits per heavy atom. The Hall–Kier alpha value is -2.86. The zero-order valence-electron chi connectivity index (χ0n) is 18.7. The van der Waals surface area contributed by atoms with E-state index in [1.807, 2.05) is 36.4 Å². The molecule has 0 saturated heterocycles. The molecule has 2 heterocycles. The molecule has 4 rings (SSSR count). The van der Waals surface area contributed by atoms with Crippen LogP contribution >= 0.6 is 34.4 Å². The predicted molar refractivity (Wildman–Crippen MR) is 143 cm³/mol. The number of carbonyl (C=O) groups is 1. The molecule has 0 aromatic heterocycles. The van der Waals surface area contributed by atoms with E-state index < -0.39 is 5.91 Å². The van der Waals surface area contributed by atoms with Crippen molar-refractivity contribution in [3.63, 3.8) is 0 Å². The van der Waals surface area contributed by atoms with Crippen LogP contribution in [0.4, 0.5) is 0 Å². The average molecular weight is 590 g/mol. The lowest BCUT2D eigenvalue weighted by Crippen LogP contribution is -2.35. The van der Waals surface area contributed by atoms with Crippen LogP contribution in [-0.4, -0.2) is 47.3 Å². The van der Waals surface area contributed by atoms with Gasteiger partial charge in [-0.2, -0.15) is 15.1 Å². The highest BCUT2D eigenvalue weighted by Crippen LogP contribution is 2.35. The fourth-order valence-corrected chi connectivity index (χ4v) is 5.06. The quantitative estimate of drug-likeness (QED) is 0.246. The van der Waals surface area contributed by atoms with Gasteiger partial charge in [0.2, 0.25) is 5.17 Å². The predicted octanol–water partition coefficient (Wildman–Crippen LogP) is 5.18. The Kier molecular flexibility index (Phi) is 7.88. The number of fused-ring (bicyclic) bond motifs is 1. The molecule has 0 radical (unpaired) electrons. The number of carbonyl (C=O) groups excluding carboxylic acids is 1. The number of hydrogen-bond donors (Lipinski definition) is 1. The second kappa shape index (κ2) is 11.0. The number of thioether (sulfide) groups is 1. The first kappa shape index (κ1) is 24.3. The molecule has 0 saturated carbocycles. The van der Waals surface area contributed by atoms with E-state index in [0.717, 1.165) is 27.2 Å². The lowest BCUT2D eigenvalue weighted by molar-refractivity contribution is -0.114. The van der Waals surface area contributed by atoms with Crippen LogP contribution in [0.5, 0.6) is 17.2 Å².